The molecule has 0 bridgehead atoms. The van der Waals surface area contributed by atoms with Crippen molar-refractivity contribution >= 4 is 33.2 Å². The second-order valence-electron chi connectivity index (χ2n) is 4.51. The number of benzene rings is 2. The summed E-state index contributed by atoms with van der Waals surface area (Å²) in [6, 6.07) is 7.86. The average molecular weight is 353 g/mol. The first-order chi connectivity index (χ1) is 9.92. The maximum Gasteiger partial charge on any atom is 0.256 e. The number of nitrogens with two attached hydrogens (primary N) is 1. The highest BCUT2D eigenvalue weighted by Crippen LogP contribution is 2.28. The SMILES string of the molecule is COc1cc(C)ccc1NC(=O)c1cc(N)c(F)cc1Br. The molecule has 2 rings (SSSR count). The lowest BCUT2D eigenvalue weighted by Gasteiger charge is -2.12. The van der Waals surface area contributed by atoms with Crippen LogP contribution in [0.1, 0.15) is 15.9 Å². The van der Waals surface area contributed by atoms with Crippen molar-refractivity contribution < 1.29 is 13.9 Å². The summed E-state index contributed by atoms with van der Waals surface area (Å²) in [6.07, 6.45) is 0. The van der Waals surface area contributed by atoms with Gasteiger partial charge in [0.15, 0.2) is 0 Å². The molecule has 0 spiro atoms. The standard InChI is InChI=1S/C15H14BrFN2O2/c1-8-3-4-13(14(5-8)21-2)19-15(20)9-6-12(18)11(17)7-10(9)16/h3-7H,18H2,1-2H3,(H,19,20). The molecule has 0 heterocycles. The van der Waals surface area contributed by atoms with E-state index in [0.29, 0.717) is 15.9 Å². The molecule has 0 unspecified atom stereocenters. The van der Waals surface area contributed by atoms with Gasteiger partial charge in [-0.1, -0.05) is 6.07 Å². The number of carbonyl (C=O) groups excluding carboxylic acids is 1. The molecule has 1 amide bonds. The van der Waals surface area contributed by atoms with E-state index in [1.807, 2.05) is 19.1 Å². The number of nitrogen functional groups attached to an aromatic ring is 1. The molecule has 0 aliphatic rings. The number of anilines is 2. The number of hydrogen-bond acceptors (Lipinski definition) is 3. The highest BCUT2D eigenvalue weighted by atomic mass is 79.9. The molecule has 21 heavy (non-hydrogen) atoms. The van der Waals surface area contributed by atoms with Crippen molar-refractivity contribution in [2.45, 2.75) is 6.92 Å². The van der Waals surface area contributed by atoms with Crippen LogP contribution in [0.2, 0.25) is 0 Å². The summed E-state index contributed by atoms with van der Waals surface area (Å²) in [5.74, 6) is -0.434. The van der Waals surface area contributed by atoms with Gasteiger partial charge in [-0.2, -0.15) is 0 Å². The zero-order valence-electron chi connectivity index (χ0n) is 11.5. The van der Waals surface area contributed by atoms with Gasteiger partial charge in [-0.25, -0.2) is 4.39 Å². The molecule has 3 N–H and O–H groups in total. The molecule has 0 saturated heterocycles. The molecule has 2 aromatic rings. The summed E-state index contributed by atoms with van der Waals surface area (Å²) < 4.78 is 18.9. The third kappa shape index (κ3) is 3.33. The minimum atomic E-state index is -0.577. The first-order valence-electron chi connectivity index (χ1n) is 6.13. The van der Waals surface area contributed by atoms with Gasteiger partial charge in [-0.3, -0.25) is 4.79 Å². The summed E-state index contributed by atoms with van der Waals surface area (Å²) in [7, 11) is 1.52. The smallest absolute Gasteiger partial charge is 0.256 e. The topological polar surface area (TPSA) is 64.3 Å². The van der Waals surface area contributed by atoms with Gasteiger partial charge in [0.25, 0.3) is 5.91 Å². The Morgan fingerprint density at radius 2 is 2.05 bits per heavy atom. The van der Waals surface area contributed by atoms with Gasteiger partial charge < -0.3 is 15.8 Å². The van der Waals surface area contributed by atoms with Gasteiger partial charge in [0.2, 0.25) is 0 Å². The van der Waals surface area contributed by atoms with Crippen LogP contribution >= 0.6 is 15.9 Å². The monoisotopic (exact) mass is 352 g/mol. The van der Waals surface area contributed by atoms with Crippen molar-refractivity contribution in [1.29, 1.82) is 0 Å². The van der Waals surface area contributed by atoms with E-state index in [-0.39, 0.29) is 11.3 Å². The van der Waals surface area contributed by atoms with Crippen LogP contribution in [-0.4, -0.2) is 13.0 Å². The Kier molecular flexibility index (Phi) is 4.47. The van der Waals surface area contributed by atoms with Gasteiger partial charge in [-0.05, 0) is 52.7 Å². The predicted octanol–water partition coefficient (Wildman–Crippen LogP) is 3.74. The number of halogens is 2. The van der Waals surface area contributed by atoms with E-state index in [4.69, 9.17) is 10.5 Å². The summed E-state index contributed by atoms with van der Waals surface area (Å²) in [5, 5.41) is 2.72. The van der Waals surface area contributed by atoms with Crippen LogP contribution in [-0.2, 0) is 0 Å². The molecule has 0 saturated carbocycles. The van der Waals surface area contributed by atoms with Crippen LogP contribution in [0.25, 0.3) is 0 Å². The number of amides is 1. The molecule has 6 heteroatoms. The third-order valence-electron chi connectivity index (χ3n) is 2.94. The van der Waals surface area contributed by atoms with E-state index in [0.717, 1.165) is 11.6 Å². The third-order valence-corrected chi connectivity index (χ3v) is 3.59. The number of nitrogens with one attached hydrogen (secondary N) is 1. The Hall–Kier alpha value is -2.08. The number of ether oxygens (including phenoxy) is 1. The van der Waals surface area contributed by atoms with Gasteiger partial charge in [0, 0.05) is 4.47 Å². The molecule has 0 aliphatic heterocycles. The van der Waals surface area contributed by atoms with Crippen molar-refractivity contribution in [3.05, 3.63) is 51.7 Å². The highest BCUT2D eigenvalue weighted by molar-refractivity contribution is 9.10. The number of rotatable bonds is 3. The lowest BCUT2D eigenvalue weighted by molar-refractivity contribution is 0.102. The fraction of sp³-hybridized carbons (Fsp3) is 0.133. The van der Waals surface area contributed by atoms with E-state index in [2.05, 4.69) is 21.2 Å². The van der Waals surface area contributed by atoms with E-state index < -0.39 is 11.7 Å². The first-order valence-corrected chi connectivity index (χ1v) is 6.92. The Labute approximate surface area is 130 Å². The Morgan fingerprint density at radius 3 is 2.71 bits per heavy atom. The Morgan fingerprint density at radius 1 is 1.33 bits per heavy atom. The van der Waals surface area contributed by atoms with Crippen LogP contribution in [0.4, 0.5) is 15.8 Å². The minimum Gasteiger partial charge on any atom is -0.495 e. The van der Waals surface area contributed by atoms with Gasteiger partial charge in [0.05, 0.1) is 24.0 Å². The molecule has 4 nitrogen and oxygen atoms in total. The molecule has 2 aromatic carbocycles. The summed E-state index contributed by atoms with van der Waals surface area (Å²) in [4.78, 5) is 12.3. The van der Waals surface area contributed by atoms with Crippen molar-refractivity contribution in [3.8, 4) is 5.75 Å². The highest BCUT2D eigenvalue weighted by Gasteiger charge is 2.15. The first kappa shape index (κ1) is 15.3. The number of hydrogen-bond donors (Lipinski definition) is 2. The quantitative estimate of drug-likeness (QED) is 0.827. The van der Waals surface area contributed by atoms with E-state index in [1.54, 1.807) is 6.07 Å². The lowest BCUT2D eigenvalue weighted by atomic mass is 10.1. The largest absolute Gasteiger partial charge is 0.495 e. The fourth-order valence-electron chi connectivity index (χ4n) is 1.83. The van der Waals surface area contributed by atoms with E-state index >= 15 is 0 Å². The van der Waals surface area contributed by atoms with Crippen molar-refractivity contribution in [3.63, 3.8) is 0 Å². The molecule has 110 valence electrons. The number of carbonyl (C=O) groups is 1. The Bertz CT molecular complexity index is 704. The van der Waals surface area contributed by atoms with Crippen molar-refractivity contribution in [2.75, 3.05) is 18.2 Å². The summed E-state index contributed by atoms with van der Waals surface area (Å²) in [6.45, 7) is 1.92. The zero-order chi connectivity index (χ0) is 15.6. The maximum absolute atomic E-state index is 13.3. The second kappa shape index (κ2) is 6.13. The van der Waals surface area contributed by atoms with Gasteiger partial charge in [-0.15, -0.1) is 0 Å². The minimum absolute atomic E-state index is 0.0841. The normalized spacial score (nSPS) is 10.3. The van der Waals surface area contributed by atoms with E-state index in [1.165, 1.54) is 13.2 Å². The van der Waals surface area contributed by atoms with Crippen molar-refractivity contribution in [2.24, 2.45) is 0 Å². The van der Waals surface area contributed by atoms with Crippen LogP contribution < -0.4 is 15.8 Å². The molecule has 0 aromatic heterocycles. The van der Waals surface area contributed by atoms with Gasteiger partial charge >= 0.3 is 0 Å². The summed E-state index contributed by atoms with van der Waals surface area (Å²) >= 11 is 3.15. The summed E-state index contributed by atoms with van der Waals surface area (Å²) in [5.41, 5.74) is 7.20. The number of aryl methyl sites for hydroxylation is 1. The Balaban J connectivity index is 2.32. The van der Waals surface area contributed by atoms with Crippen LogP contribution in [0.3, 0.4) is 0 Å². The van der Waals surface area contributed by atoms with Gasteiger partial charge in [0.1, 0.15) is 11.6 Å². The average Bonchev–Trinajstić information content (AvgIpc) is 2.44. The van der Waals surface area contributed by atoms with Crippen LogP contribution in [0, 0.1) is 12.7 Å². The molecule has 0 fully saturated rings. The zero-order valence-corrected chi connectivity index (χ0v) is 13.1. The van der Waals surface area contributed by atoms with Crippen LogP contribution in [0.5, 0.6) is 5.75 Å². The molecular weight excluding hydrogens is 339 g/mol. The molecule has 0 radical (unpaired) electrons. The molecular formula is C15H14BrFN2O2. The van der Waals surface area contributed by atoms with Crippen molar-refractivity contribution in [1.82, 2.24) is 0 Å². The predicted molar refractivity (Wildman–Crippen MR) is 84.2 cm³/mol. The van der Waals surface area contributed by atoms with Crippen LogP contribution in [0.15, 0.2) is 34.8 Å². The fourth-order valence-corrected chi connectivity index (χ4v) is 2.33. The number of methoxy groups -OCH3 is 1. The molecule has 0 aliphatic carbocycles. The lowest BCUT2D eigenvalue weighted by Crippen LogP contribution is -2.14. The second-order valence-corrected chi connectivity index (χ2v) is 5.37. The molecule has 0 atom stereocenters. The maximum atomic E-state index is 13.3. The van der Waals surface area contributed by atoms with E-state index in [9.17, 15) is 9.18 Å².